The maximum Gasteiger partial charge on any atom is 0.225 e. The van der Waals surface area contributed by atoms with Gasteiger partial charge in [-0.15, -0.1) is 0 Å². The third kappa shape index (κ3) is 2.08. The smallest absolute Gasteiger partial charge is 0.225 e. The van der Waals surface area contributed by atoms with Crippen LogP contribution < -0.4 is 4.90 Å². The molecule has 1 aromatic rings. The van der Waals surface area contributed by atoms with Crippen molar-refractivity contribution in [2.45, 2.75) is 32.4 Å². The maximum atomic E-state index is 12.6. The van der Waals surface area contributed by atoms with Gasteiger partial charge in [0.25, 0.3) is 0 Å². The van der Waals surface area contributed by atoms with E-state index in [1.807, 2.05) is 17.3 Å². The number of aromatic nitrogens is 2. The molecule has 1 aromatic heterocycles. The molecule has 1 fully saturated rings. The molecule has 0 unspecified atom stereocenters. The number of anilines is 1. The minimum atomic E-state index is -0.712. The van der Waals surface area contributed by atoms with Gasteiger partial charge in [-0.1, -0.05) is 20.8 Å². The lowest BCUT2D eigenvalue weighted by molar-refractivity contribution is 0.272. The third-order valence-electron chi connectivity index (χ3n) is 2.62. The highest BCUT2D eigenvalue weighted by molar-refractivity contribution is 5.35. The first-order valence-electron chi connectivity index (χ1n) is 5.18. The predicted octanol–water partition coefficient (Wildman–Crippen LogP) is 1.93. The van der Waals surface area contributed by atoms with Crippen molar-refractivity contribution in [2.24, 2.45) is 0 Å². The molecule has 2 rings (SSSR count). The standard InChI is InChI=1S/C11H16FN3/c1-11(2,3)8-4-13-10(14-5-8)15-6-9(12)7-15/h4-5,9H,6-7H2,1-3H3. The normalized spacial score (nSPS) is 17.7. The van der Waals surface area contributed by atoms with Crippen molar-refractivity contribution in [3.63, 3.8) is 0 Å². The van der Waals surface area contributed by atoms with E-state index >= 15 is 0 Å². The molecule has 0 radical (unpaired) electrons. The lowest BCUT2D eigenvalue weighted by Crippen LogP contribution is -2.49. The fourth-order valence-electron chi connectivity index (χ4n) is 1.46. The lowest BCUT2D eigenvalue weighted by Gasteiger charge is -2.34. The molecule has 0 N–H and O–H groups in total. The summed E-state index contributed by atoms with van der Waals surface area (Å²) in [5.74, 6) is 0.636. The highest BCUT2D eigenvalue weighted by atomic mass is 19.1. The highest BCUT2D eigenvalue weighted by Gasteiger charge is 2.28. The minimum absolute atomic E-state index is 0.0656. The molecule has 1 saturated heterocycles. The van der Waals surface area contributed by atoms with Crippen LogP contribution >= 0.6 is 0 Å². The van der Waals surface area contributed by atoms with Gasteiger partial charge >= 0.3 is 0 Å². The zero-order valence-corrected chi connectivity index (χ0v) is 9.37. The molecule has 0 aliphatic carbocycles. The average molecular weight is 209 g/mol. The molecule has 0 atom stereocenters. The van der Waals surface area contributed by atoms with Crippen LogP contribution in [-0.4, -0.2) is 29.2 Å². The van der Waals surface area contributed by atoms with Gasteiger partial charge in [0, 0.05) is 12.4 Å². The van der Waals surface area contributed by atoms with Crippen LogP contribution in [0.5, 0.6) is 0 Å². The number of nitrogens with zero attached hydrogens (tertiary/aromatic N) is 3. The lowest BCUT2D eigenvalue weighted by atomic mass is 9.89. The summed E-state index contributed by atoms with van der Waals surface area (Å²) in [6.07, 6.45) is 2.94. The zero-order chi connectivity index (χ0) is 11.1. The zero-order valence-electron chi connectivity index (χ0n) is 9.37. The van der Waals surface area contributed by atoms with Gasteiger partial charge < -0.3 is 4.90 Å². The minimum Gasteiger partial charge on any atom is -0.335 e. The molecule has 2 heterocycles. The molecular weight excluding hydrogens is 193 g/mol. The Morgan fingerprint density at radius 1 is 1.27 bits per heavy atom. The van der Waals surface area contributed by atoms with Crippen molar-refractivity contribution in [3.05, 3.63) is 18.0 Å². The van der Waals surface area contributed by atoms with Crippen molar-refractivity contribution in [2.75, 3.05) is 18.0 Å². The summed E-state index contributed by atoms with van der Waals surface area (Å²) in [6, 6.07) is 0. The van der Waals surface area contributed by atoms with Crippen LogP contribution in [0.1, 0.15) is 26.3 Å². The molecule has 0 aromatic carbocycles. The summed E-state index contributed by atoms with van der Waals surface area (Å²) in [6.45, 7) is 7.20. The van der Waals surface area contributed by atoms with Crippen LogP contribution in [0, 0.1) is 0 Å². The number of hydrogen-bond acceptors (Lipinski definition) is 3. The summed E-state index contributed by atoms with van der Waals surface area (Å²) in [5.41, 5.74) is 1.17. The van der Waals surface area contributed by atoms with Gasteiger partial charge in [-0.3, -0.25) is 0 Å². The molecule has 0 amide bonds. The van der Waals surface area contributed by atoms with E-state index in [0.29, 0.717) is 19.0 Å². The van der Waals surface area contributed by atoms with E-state index in [1.165, 1.54) is 0 Å². The van der Waals surface area contributed by atoms with Crippen LogP contribution in [0.25, 0.3) is 0 Å². The highest BCUT2D eigenvalue weighted by Crippen LogP contribution is 2.23. The van der Waals surface area contributed by atoms with Gasteiger partial charge in [0.05, 0.1) is 13.1 Å². The number of rotatable bonds is 1. The van der Waals surface area contributed by atoms with Crippen molar-refractivity contribution in [1.29, 1.82) is 0 Å². The summed E-state index contributed by atoms with van der Waals surface area (Å²) in [5, 5.41) is 0. The fourth-order valence-corrected chi connectivity index (χ4v) is 1.46. The van der Waals surface area contributed by atoms with E-state index in [1.54, 1.807) is 0 Å². The van der Waals surface area contributed by atoms with Crippen LogP contribution in [0.2, 0.25) is 0 Å². The molecule has 0 bridgehead atoms. The van der Waals surface area contributed by atoms with E-state index in [-0.39, 0.29) is 5.41 Å². The van der Waals surface area contributed by atoms with Crippen molar-refractivity contribution >= 4 is 5.95 Å². The van der Waals surface area contributed by atoms with Crippen LogP contribution in [0.4, 0.5) is 10.3 Å². The molecule has 1 aliphatic heterocycles. The first-order chi connectivity index (χ1) is 6.97. The number of alkyl halides is 1. The second-order valence-corrected chi connectivity index (χ2v) is 5.02. The predicted molar refractivity (Wildman–Crippen MR) is 57.8 cm³/mol. The van der Waals surface area contributed by atoms with Crippen molar-refractivity contribution in [3.8, 4) is 0 Å². The molecule has 82 valence electrons. The molecule has 15 heavy (non-hydrogen) atoms. The van der Waals surface area contributed by atoms with Gasteiger partial charge in [0.2, 0.25) is 5.95 Å². The largest absolute Gasteiger partial charge is 0.335 e. The maximum absolute atomic E-state index is 12.6. The molecule has 3 nitrogen and oxygen atoms in total. The summed E-state index contributed by atoms with van der Waals surface area (Å²) >= 11 is 0. The third-order valence-corrected chi connectivity index (χ3v) is 2.62. The van der Waals surface area contributed by atoms with E-state index in [4.69, 9.17) is 0 Å². The Balaban J connectivity index is 2.11. The Morgan fingerprint density at radius 3 is 2.20 bits per heavy atom. The summed E-state index contributed by atoms with van der Waals surface area (Å²) in [4.78, 5) is 10.3. The van der Waals surface area contributed by atoms with E-state index in [2.05, 4.69) is 30.7 Å². The molecule has 1 aliphatic rings. The monoisotopic (exact) mass is 209 g/mol. The van der Waals surface area contributed by atoms with Crippen LogP contribution in [0.3, 0.4) is 0 Å². The van der Waals surface area contributed by atoms with Crippen molar-refractivity contribution < 1.29 is 4.39 Å². The van der Waals surface area contributed by atoms with Gasteiger partial charge in [0.1, 0.15) is 6.17 Å². The molecule has 0 saturated carbocycles. The number of halogens is 1. The Hall–Kier alpha value is -1.19. The Morgan fingerprint density at radius 2 is 1.80 bits per heavy atom. The van der Waals surface area contributed by atoms with E-state index in [0.717, 1.165) is 5.56 Å². The van der Waals surface area contributed by atoms with Gasteiger partial charge in [-0.05, 0) is 11.0 Å². The Bertz CT molecular complexity index is 336. The van der Waals surface area contributed by atoms with Crippen molar-refractivity contribution in [1.82, 2.24) is 9.97 Å². The summed E-state index contributed by atoms with van der Waals surface area (Å²) in [7, 11) is 0. The second-order valence-electron chi connectivity index (χ2n) is 5.02. The topological polar surface area (TPSA) is 29.0 Å². The SMILES string of the molecule is CC(C)(C)c1cnc(N2CC(F)C2)nc1. The van der Waals surface area contributed by atoms with Crippen LogP contribution in [0.15, 0.2) is 12.4 Å². The second kappa shape index (κ2) is 3.43. The van der Waals surface area contributed by atoms with Gasteiger partial charge in [-0.25, -0.2) is 14.4 Å². The first-order valence-corrected chi connectivity index (χ1v) is 5.18. The first kappa shape index (κ1) is 10.3. The molecule has 0 spiro atoms. The van der Waals surface area contributed by atoms with E-state index in [9.17, 15) is 4.39 Å². The summed E-state index contributed by atoms with van der Waals surface area (Å²) < 4.78 is 12.6. The van der Waals surface area contributed by atoms with Gasteiger partial charge in [0.15, 0.2) is 0 Å². The molecular formula is C11H16FN3. The molecule has 4 heteroatoms. The Labute approximate surface area is 89.3 Å². The average Bonchev–Trinajstić information content (AvgIpc) is 2.12. The fraction of sp³-hybridized carbons (Fsp3) is 0.636. The quantitative estimate of drug-likeness (QED) is 0.707. The number of hydrogen-bond donors (Lipinski definition) is 0. The van der Waals surface area contributed by atoms with Crippen LogP contribution in [-0.2, 0) is 5.41 Å². The van der Waals surface area contributed by atoms with E-state index < -0.39 is 6.17 Å². The van der Waals surface area contributed by atoms with Gasteiger partial charge in [-0.2, -0.15) is 0 Å². The Kier molecular flexibility index (Phi) is 2.37.